The average molecular weight is 255 g/mol. The van der Waals surface area contributed by atoms with Gasteiger partial charge in [0, 0.05) is 6.20 Å². The summed E-state index contributed by atoms with van der Waals surface area (Å²) in [5.41, 5.74) is 2.39. The fraction of sp³-hybridized carbons (Fsp3) is 0.438. The van der Waals surface area contributed by atoms with Crippen molar-refractivity contribution < 1.29 is 0 Å². The number of hydrogen-bond acceptors (Lipinski definition) is 2. The molecule has 2 aromatic rings. The van der Waals surface area contributed by atoms with Gasteiger partial charge in [0.2, 0.25) is 0 Å². The van der Waals surface area contributed by atoms with E-state index in [0.717, 1.165) is 11.6 Å². The van der Waals surface area contributed by atoms with Gasteiger partial charge in [-0.15, -0.1) is 0 Å². The summed E-state index contributed by atoms with van der Waals surface area (Å²) in [4.78, 5) is 0. The van der Waals surface area contributed by atoms with Crippen LogP contribution in [0.2, 0.25) is 0 Å². The van der Waals surface area contributed by atoms with Crippen LogP contribution in [0, 0.1) is 11.8 Å². The van der Waals surface area contributed by atoms with Gasteiger partial charge in [0.05, 0.1) is 17.4 Å². The van der Waals surface area contributed by atoms with E-state index in [-0.39, 0.29) is 0 Å². The zero-order chi connectivity index (χ0) is 13.2. The Labute approximate surface area is 114 Å². The Bertz CT molecular complexity index is 528. The molecule has 0 bridgehead atoms. The van der Waals surface area contributed by atoms with Crippen molar-refractivity contribution in [1.29, 1.82) is 0 Å². The Morgan fingerprint density at radius 1 is 1.21 bits per heavy atom. The molecule has 1 heterocycles. The lowest BCUT2D eigenvalue weighted by Crippen LogP contribution is -2.27. The minimum atomic E-state index is 0.371. The Balaban J connectivity index is 1.94. The van der Waals surface area contributed by atoms with Gasteiger partial charge >= 0.3 is 0 Å². The Kier molecular flexibility index (Phi) is 3.38. The van der Waals surface area contributed by atoms with Crippen LogP contribution in [0.4, 0.5) is 0 Å². The lowest BCUT2D eigenvalue weighted by atomic mass is 9.94. The molecule has 0 amide bonds. The van der Waals surface area contributed by atoms with Crippen molar-refractivity contribution in [3.63, 3.8) is 0 Å². The fourth-order valence-corrected chi connectivity index (χ4v) is 2.91. The number of nitrogens with one attached hydrogen (secondary N) is 1. The molecule has 3 heteroatoms. The summed E-state index contributed by atoms with van der Waals surface area (Å²) >= 11 is 0. The van der Waals surface area contributed by atoms with Crippen LogP contribution >= 0.6 is 0 Å². The van der Waals surface area contributed by atoms with E-state index in [0.29, 0.717) is 12.0 Å². The predicted molar refractivity (Wildman–Crippen MR) is 77.3 cm³/mol. The lowest BCUT2D eigenvalue weighted by Gasteiger charge is -2.24. The number of hydrogen-bond donors (Lipinski definition) is 1. The van der Waals surface area contributed by atoms with Crippen LogP contribution in [0.5, 0.6) is 0 Å². The molecule has 1 aliphatic carbocycles. The fourth-order valence-electron chi connectivity index (χ4n) is 2.91. The first-order valence-electron chi connectivity index (χ1n) is 7.08. The summed E-state index contributed by atoms with van der Waals surface area (Å²) in [6.07, 6.45) is 4.64. The molecule has 1 aromatic carbocycles. The summed E-state index contributed by atoms with van der Waals surface area (Å²) in [5, 5.41) is 7.97. The molecule has 100 valence electrons. The lowest BCUT2D eigenvalue weighted by molar-refractivity contribution is 0.356. The largest absolute Gasteiger partial charge is 0.311 e. The molecule has 1 aliphatic rings. The molecule has 1 N–H and O–H groups in total. The molecule has 0 radical (unpaired) electrons. The van der Waals surface area contributed by atoms with Crippen LogP contribution in [0.25, 0.3) is 5.69 Å². The standard InChI is InChI=1S/C16H21N3/c1-12(13-8-9-13)16(17-2)15-10-11-18-19(15)14-6-4-3-5-7-14/h3-7,10-13,16-17H,8-9H2,1-2H3. The maximum Gasteiger partial charge on any atom is 0.0649 e. The maximum atomic E-state index is 4.49. The Morgan fingerprint density at radius 3 is 2.58 bits per heavy atom. The molecule has 2 atom stereocenters. The third-order valence-corrected chi connectivity index (χ3v) is 4.19. The minimum absolute atomic E-state index is 0.371. The molecule has 1 fully saturated rings. The van der Waals surface area contributed by atoms with E-state index in [1.165, 1.54) is 18.5 Å². The number of benzene rings is 1. The van der Waals surface area contributed by atoms with Gasteiger partial charge in [0.15, 0.2) is 0 Å². The van der Waals surface area contributed by atoms with E-state index in [1.54, 1.807) is 0 Å². The summed E-state index contributed by atoms with van der Waals surface area (Å²) in [5.74, 6) is 1.53. The molecule has 0 saturated heterocycles. The first kappa shape index (κ1) is 12.4. The van der Waals surface area contributed by atoms with Crippen LogP contribution in [-0.2, 0) is 0 Å². The van der Waals surface area contributed by atoms with Gasteiger partial charge in [0.25, 0.3) is 0 Å². The Morgan fingerprint density at radius 2 is 1.95 bits per heavy atom. The van der Waals surface area contributed by atoms with Crippen LogP contribution in [0.15, 0.2) is 42.6 Å². The number of nitrogens with zero attached hydrogens (tertiary/aromatic N) is 2. The molecule has 0 aliphatic heterocycles. The van der Waals surface area contributed by atoms with Gasteiger partial charge in [-0.25, -0.2) is 4.68 Å². The summed E-state index contributed by atoms with van der Waals surface area (Å²) in [6, 6.07) is 12.9. The SMILES string of the molecule is CNC(c1ccnn1-c1ccccc1)C(C)C1CC1. The van der Waals surface area contributed by atoms with Gasteiger partial charge in [0.1, 0.15) is 0 Å². The first-order chi connectivity index (χ1) is 9.31. The van der Waals surface area contributed by atoms with Gasteiger partial charge in [-0.3, -0.25) is 0 Å². The molecule has 1 aromatic heterocycles. The van der Waals surface area contributed by atoms with Crippen molar-refractivity contribution in [1.82, 2.24) is 15.1 Å². The number of rotatable bonds is 5. The zero-order valence-corrected chi connectivity index (χ0v) is 11.6. The topological polar surface area (TPSA) is 29.9 Å². The number of para-hydroxylation sites is 1. The van der Waals surface area contributed by atoms with Gasteiger partial charge in [-0.05, 0) is 49.9 Å². The second-order valence-electron chi connectivity index (χ2n) is 5.47. The third kappa shape index (κ3) is 2.43. The van der Waals surface area contributed by atoms with Crippen molar-refractivity contribution in [2.75, 3.05) is 7.05 Å². The van der Waals surface area contributed by atoms with Crippen molar-refractivity contribution in [3.8, 4) is 5.69 Å². The van der Waals surface area contributed by atoms with Crippen molar-refractivity contribution in [2.24, 2.45) is 11.8 Å². The van der Waals surface area contributed by atoms with E-state index in [4.69, 9.17) is 0 Å². The molecule has 3 nitrogen and oxygen atoms in total. The van der Waals surface area contributed by atoms with Crippen LogP contribution in [-0.4, -0.2) is 16.8 Å². The normalized spacial score (nSPS) is 18.2. The maximum absolute atomic E-state index is 4.49. The quantitative estimate of drug-likeness (QED) is 0.889. The van der Waals surface area contributed by atoms with E-state index < -0.39 is 0 Å². The highest BCUT2D eigenvalue weighted by Gasteiger charge is 2.34. The van der Waals surface area contributed by atoms with E-state index in [1.807, 2.05) is 19.3 Å². The molecule has 3 rings (SSSR count). The second kappa shape index (κ2) is 5.17. The Hall–Kier alpha value is -1.61. The van der Waals surface area contributed by atoms with Gasteiger partial charge < -0.3 is 5.32 Å². The van der Waals surface area contributed by atoms with E-state index >= 15 is 0 Å². The highest BCUT2D eigenvalue weighted by atomic mass is 15.3. The first-order valence-corrected chi connectivity index (χ1v) is 7.08. The highest BCUT2D eigenvalue weighted by Crippen LogP contribution is 2.42. The molecule has 2 unspecified atom stereocenters. The van der Waals surface area contributed by atoms with Crippen molar-refractivity contribution >= 4 is 0 Å². The van der Waals surface area contributed by atoms with Crippen LogP contribution in [0.1, 0.15) is 31.5 Å². The van der Waals surface area contributed by atoms with Gasteiger partial charge in [-0.1, -0.05) is 25.1 Å². The van der Waals surface area contributed by atoms with Crippen LogP contribution in [0.3, 0.4) is 0 Å². The molecular weight excluding hydrogens is 234 g/mol. The second-order valence-corrected chi connectivity index (χ2v) is 5.47. The summed E-state index contributed by atoms with van der Waals surface area (Å²) in [7, 11) is 2.05. The van der Waals surface area contributed by atoms with Crippen molar-refractivity contribution in [2.45, 2.75) is 25.8 Å². The van der Waals surface area contributed by atoms with Crippen LogP contribution < -0.4 is 5.32 Å². The van der Waals surface area contributed by atoms with E-state index in [9.17, 15) is 0 Å². The van der Waals surface area contributed by atoms with Gasteiger partial charge in [-0.2, -0.15) is 5.10 Å². The smallest absolute Gasteiger partial charge is 0.0649 e. The predicted octanol–water partition coefficient (Wildman–Crippen LogP) is 3.18. The monoisotopic (exact) mass is 255 g/mol. The number of aromatic nitrogens is 2. The minimum Gasteiger partial charge on any atom is -0.311 e. The molecule has 1 saturated carbocycles. The molecule has 0 spiro atoms. The summed E-state index contributed by atoms with van der Waals surface area (Å²) in [6.45, 7) is 2.35. The van der Waals surface area contributed by atoms with E-state index in [2.05, 4.69) is 52.4 Å². The summed E-state index contributed by atoms with van der Waals surface area (Å²) < 4.78 is 2.06. The molecule has 19 heavy (non-hydrogen) atoms. The third-order valence-electron chi connectivity index (χ3n) is 4.19. The average Bonchev–Trinajstić information content (AvgIpc) is 3.20. The highest BCUT2D eigenvalue weighted by molar-refractivity contribution is 5.33. The molecular formula is C16H21N3. The zero-order valence-electron chi connectivity index (χ0n) is 11.6. The van der Waals surface area contributed by atoms with Crippen molar-refractivity contribution in [3.05, 3.63) is 48.3 Å².